The molecule has 0 heterocycles. The average Bonchev–Trinajstić information content (AvgIpc) is 2.27. The molecular weight excluding hydrogens is 244 g/mol. The molecule has 0 bridgehead atoms. The van der Waals surface area contributed by atoms with Gasteiger partial charge in [0.1, 0.15) is 0 Å². The molecule has 1 aromatic rings. The Morgan fingerprint density at radius 1 is 1.50 bits per heavy atom. The van der Waals surface area contributed by atoms with Gasteiger partial charge in [-0.05, 0) is 18.1 Å². The van der Waals surface area contributed by atoms with E-state index >= 15 is 0 Å². The van der Waals surface area contributed by atoms with E-state index in [1.807, 2.05) is 18.2 Å². The molecule has 0 aliphatic heterocycles. The fourth-order valence-corrected chi connectivity index (χ4v) is 1.69. The molecule has 0 fully saturated rings. The Morgan fingerprint density at radius 2 is 2.14 bits per heavy atom. The van der Waals surface area contributed by atoms with Crippen LogP contribution in [-0.4, -0.2) is 13.1 Å². The minimum Gasteiger partial charge on any atom is -0.465 e. The van der Waals surface area contributed by atoms with Gasteiger partial charge in [-0.2, -0.15) is 0 Å². The van der Waals surface area contributed by atoms with E-state index in [0.29, 0.717) is 5.56 Å². The van der Waals surface area contributed by atoms with Crippen molar-refractivity contribution in [2.45, 2.75) is 18.2 Å². The van der Waals surface area contributed by atoms with E-state index in [-0.39, 0.29) is 10.8 Å². The molecule has 2 nitrogen and oxygen atoms in total. The Hall–Kier alpha value is -0.830. The second-order valence-electron chi connectivity index (χ2n) is 2.95. The number of carbonyl (C=O) groups is 1. The van der Waals surface area contributed by atoms with Crippen molar-refractivity contribution < 1.29 is 9.53 Å². The zero-order chi connectivity index (χ0) is 10.6. The normalized spacial score (nSPS) is 12.2. The first-order chi connectivity index (χ1) is 6.70. The van der Waals surface area contributed by atoms with Crippen molar-refractivity contribution in [1.82, 2.24) is 0 Å². The van der Waals surface area contributed by atoms with Crippen LogP contribution in [0.25, 0.3) is 0 Å². The summed E-state index contributed by atoms with van der Waals surface area (Å²) in [5, 5.41) is 0. The topological polar surface area (TPSA) is 26.3 Å². The molecule has 1 aromatic carbocycles. The van der Waals surface area contributed by atoms with E-state index < -0.39 is 0 Å². The summed E-state index contributed by atoms with van der Waals surface area (Å²) in [7, 11) is 1.40. The molecule has 0 aliphatic rings. The summed E-state index contributed by atoms with van der Waals surface area (Å²) in [4.78, 5) is 11.6. The van der Waals surface area contributed by atoms with Crippen LogP contribution in [0.5, 0.6) is 0 Å². The Labute approximate surface area is 92.4 Å². The largest absolute Gasteiger partial charge is 0.465 e. The monoisotopic (exact) mass is 256 g/mol. The molecule has 1 rings (SSSR count). The van der Waals surface area contributed by atoms with Crippen LogP contribution in [0.2, 0.25) is 0 Å². The number of halogens is 1. The summed E-state index contributed by atoms with van der Waals surface area (Å²) in [6, 6.07) is 7.48. The highest BCUT2D eigenvalue weighted by atomic mass is 79.9. The molecule has 1 atom stereocenters. The Kier molecular flexibility index (Phi) is 4.14. The van der Waals surface area contributed by atoms with Crippen molar-refractivity contribution >= 4 is 21.9 Å². The first-order valence-electron chi connectivity index (χ1n) is 4.52. The molecule has 0 N–H and O–H groups in total. The minimum atomic E-state index is -0.279. The molecule has 0 saturated carbocycles. The summed E-state index contributed by atoms with van der Waals surface area (Å²) in [5.41, 5.74) is 1.63. The zero-order valence-corrected chi connectivity index (χ0v) is 9.87. The minimum absolute atomic E-state index is 0.206. The van der Waals surface area contributed by atoms with E-state index in [0.717, 1.165) is 12.0 Å². The van der Waals surface area contributed by atoms with Crippen LogP contribution in [0.4, 0.5) is 0 Å². The second kappa shape index (κ2) is 5.15. The van der Waals surface area contributed by atoms with Gasteiger partial charge >= 0.3 is 5.97 Å². The number of benzene rings is 1. The molecule has 0 spiro atoms. The van der Waals surface area contributed by atoms with E-state index in [4.69, 9.17) is 4.74 Å². The number of ether oxygens (including phenoxy) is 1. The number of hydrogen-bond donors (Lipinski definition) is 0. The highest BCUT2D eigenvalue weighted by Crippen LogP contribution is 2.28. The molecule has 0 aliphatic carbocycles. The fourth-order valence-electron chi connectivity index (χ4n) is 1.29. The first kappa shape index (κ1) is 11.2. The first-order valence-corrected chi connectivity index (χ1v) is 5.43. The highest BCUT2D eigenvalue weighted by Gasteiger charge is 2.15. The molecule has 14 heavy (non-hydrogen) atoms. The van der Waals surface area contributed by atoms with Crippen molar-refractivity contribution in [3.8, 4) is 0 Å². The average molecular weight is 257 g/mol. The van der Waals surface area contributed by atoms with Crippen LogP contribution >= 0.6 is 15.9 Å². The maximum absolute atomic E-state index is 11.4. The Bertz CT molecular complexity index is 323. The third-order valence-corrected chi connectivity index (χ3v) is 3.20. The zero-order valence-electron chi connectivity index (χ0n) is 8.29. The Morgan fingerprint density at radius 3 is 2.71 bits per heavy atom. The van der Waals surface area contributed by atoms with E-state index in [1.165, 1.54) is 7.11 Å². The summed E-state index contributed by atoms with van der Waals surface area (Å²) in [6.07, 6.45) is 0.938. The maximum Gasteiger partial charge on any atom is 0.338 e. The molecule has 0 saturated heterocycles. The smallest absolute Gasteiger partial charge is 0.338 e. The van der Waals surface area contributed by atoms with Crippen molar-refractivity contribution in [2.24, 2.45) is 0 Å². The van der Waals surface area contributed by atoms with Crippen LogP contribution in [0.3, 0.4) is 0 Å². The van der Waals surface area contributed by atoms with Crippen molar-refractivity contribution in [3.05, 3.63) is 35.4 Å². The third-order valence-electron chi connectivity index (χ3n) is 2.06. The van der Waals surface area contributed by atoms with Crippen LogP contribution in [0.1, 0.15) is 34.1 Å². The lowest BCUT2D eigenvalue weighted by Gasteiger charge is -2.11. The molecule has 3 heteroatoms. The van der Waals surface area contributed by atoms with Crippen LogP contribution in [0.15, 0.2) is 24.3 Å². The number of carbonyl (C=O) groups excluding carboxylic acids is 1. The second-order valence-corrected chi connectivity index (χ2v) is 4.06. The van der Waals surface area contributed by atoms with Crippen molar-refractivity contribution in [1.29, 1.82) is 0 Å². The van der Waals surface area contributed by atoms with Crippen molar-refractivity contribution in [2.75, 3.05) is 7.11 Å². The number of hydrogen-bond acceptors (Lipinski definition) is 2. The van der Waals surface area contributed by atoms with Gasteiger partial charge in [0.2, 0.25) is 0 Å². The third kappa shape index (κ3) is 2.35. The van der Waals surface area contributed by atoms with Crippen LogP contribution in [-0.2, 0) is 4.74 Å². The van der Waals surface area contributed by atoms with Crippen molar-refractivity contribution in [3.63, 3.8) is 0 Å². The molecule has 1 unspecified atom stereocenters. The molecular formula is C11H13BrO2. The van der Waals surface area contributed by atoms with Gasteiger partial charge in [0.15, 0.2) is 0 Å². The van der Waals surface area contributed by atoms with E-state index in [9.17, 15) is 4.79 Å². The molecule has 0 amide bonds. The van der Waals surface area contributed by atoms with Crippen LogP contribution < -0.4 is 0 Å². The van der Waals surface area contributed by atoms with Gasteiger partial charge in [-0.3, -0.25) is 0 Å². The number of alkyl halides is 1. The van der Waals surface area contributed by atoms with Gasteiger partial charge in [0.05, 0.1) is 12.7 Å². The molecule has 0 radical (unpaired) electrons. The van der Waals surface area contributed by atoms with Crippen LogP contribution in [0, 0.1) is 0 Å². The lowest BCUT2D eigenvalue weighted by atomic mass is 10.0. The van der Waals surface area contributed by atoms with Gasteiger partial charge in [-0.25, -0.2) is 4.79 Å². The van der Waals surface area contributed by atoms with Gasteiger partial charge in [-0.15, -0.1) is 0 Å². The Balaban J connectivity index is 3.09. The summed E-state index contributed by atoms with van der Waals surface area (Å²) in [5.74, 6) is -0.279. The number of esters is 1. The van der Waals surface area contributed by atoms with Gasteiger partial charge in [0, 0.05) is 4.83 Å². The quantitative estimate of drug-likeness (QED) is 0.613. The lowest BCUT2D eigenvalue weighted by Crippen LogP contribution is -2.06. The maximum atomic E-state index is 11.4. The summed E-state index contributed by atoms with van der Waals surface area (Å²) < 4.78 is 4.71. The number of rotatable bonds is 3. The van der Waals surface area contributed by atoms with Gasteiger partial charge in [0.25, 0.3) is 0 Å². The van der Waals surface area contributed by atoms with E-state index in [2.05, 4.69) is 22.9 Å². The number of methoxy groups -OCH3 is 1. The fraction of sp³-hybridized carbons (Fsp3) is 0.364. The standard InChI is InChI=1S/C11H13BrO2/c1-3-10(12)8-6-4-5-7-9(8)11(13)14-2/h4-7,10H,3H2,1-2H3. The molecule has 76 valence electrons. The SMILES string of the molecule is CCC(Br)c1ccccc1C(=O)OC. The summed E-state index contributed by atoms with van der Waals surface area (Å²) >= 11 is 3.53. The predicted molar refractivity (Wildman–Crippen MR) is 59.7 cm³/mol. The highest BCUT2D eigenvalue weighted by molar-refractivity contribution is 9.09. The summed E-state index contributed by atoms with van der Waals surface area (Å²) in [6.45, 7) is 2.06. The predicted octanol–water partition coefficient (Wildman–Crippen LogP) is 3.32. The van der Waals surface area contributed by atoms with Gasteiger partial charge in [-0.1, -0.05) is 41.1 Å². The molecule has 0 aromatic heterocycles. The van der Waals surface area contributed by atoms with E-state index in [1.54, 1.807) is 6.07 Å². The van der Waals surface area contributed by atoms with Gasteiger partial charge < -0.3 is 4.74 Å². The lowest BCUT2D eigenvalue weighted by molar-refractivity contribution is 0.0599.